The minimum Gasteiger partial charge on any atom is -0.269 e. The Morgan fingerprint density at radius 2 is 1.67 bits per heavy atom. The van der Waals surface area contributed by atoms with Crippen LogP contribution in [0.5, 0.6) is 0 Å². The molecule has 0 aliphatic heterocycles. The summed E-state index contributed by atoms with van der Waals surface area (Å²) in [6, 6.07) is 3.55. The second-order valence-corrected chi connectivity index (χ2v) is 2.53. The average molecular weight is 233 g/mol. The van der Waals surface area contributed by atoms with Crippen LogP contribution in [0.3, 0.4) is 0 Å². The molecule has 0 aliphatic rings. The highest BCUT2D eigenvalue weighted by Crippen LogP contribution is 2.33. The SMILES string of the molecule is F.O=[N+]([O-])c1cccc(Cl)c1[N+](=O)[O-].[B]. The van der Waals surface area contributed by atoms with Gasteiger partial charge in [0.1, 0.15) is 5.02 Å². The highest BCUT2D eigenvalue weighted by atomic mass is 35.5. The molecule has 0 heterocycles. The first kappa shape index (κ1) is 15.8. The summed E-state index contributed by atoms with van der Waals surface area (Å²) in [6.45, 7) is 0. The molecule has 0 bridgehead atoms. The summed E-state index contributed by atoms with van der Waals surface area (Å²) in [7, 11) is 0. The number of halogens is 2. The number of para-hydroxylation sites is 1. The molecule has 9 heteroatoms. The molecule has 0 unspecified atom stereocenters. The van der Waals surface area contributed by atoms with Crippen LogP contribution in [-0.4, -0.2) is 18.3 Å². The molecular formula is C6H4BClFN2O4. The summed E-state index contributed by atoms with van der Waals surface area (Å²) < 4.78 is 0. The van der Waals surface area contributed by atoms with Crippen LogP contribution in [0.1, 0.15) is 0 Å². The molecule has 0 aliphatic carbocycles. The number of nitro benzene ring substituents is 2. The maximum absolute atomic E-state index is 10.4. The Morgan fingerprint density at radius 1 is 1.13 bits per heavy atom. The van der Waals surface area contributed by atoms with Crippen LogP contribution < -0.4 is 0 Å². The van der Waals surface area contributed by atoms with Gasteiger partial charge < -0.3 is 0 Å². The first-order valence-corrected chi connectivity index (χ1v) is 3.49. The number of hydrogen-bond acceptors (Lipinski definition) is 4. The Labute approximate surface area is 90.1 Å². The van der Waals surface area contributed by atoms with Crippen LogP contribution >= 0.6 is 11.6 Å². The fourth-order valence-corrected chi connectivity index (χ4v) is 1.07. The maximum atomic E-state index is 10.4. The lowest BCUT2D eigenvalue weighted by Gasteiger charge is -1.95. The molecule has 0 fully saturated rings. The summed E-state index contributed by atoms with van der Waals surface area (Å²) in [5.41, 5.74) is -1.27. The van der Waals surface area contributed by atoms with Crippen molar-refractivity contribution in [3.05, 3.63) is 43.5 Å². The fraction of sp³-hybridized carbons (Fsp3) is 0. The van der Waals surface area contributed by atoms with Crippen LogP contribution in [0.15, 0.2) is 18.2 Å². The number of nitrogens with zero attached hydrogens (tertiary/aromatic N) is 2. The lowest BCUT2D eigenvalue weighted by molar-refractivity contribution is -0.422. The maximum Gasteiger partial charge on any atom is 0.364 e. The largest absolute Gasteiger partial charge is 0.364 e. The minimum absolute atomic E-state index is 0. The molecule has 0 saturated carbocycles. The highest BCUT2D eigenvalue weighted by molar-refractivity contribution is 6.33. The van der Waals surface area contributed by atoms with E-state index in [-0.39, 0.29) is 18.1 Å². The molecule has 0 atom stereocenters. The second-order valence-electron chi connectivity index (χ2n) is 2.12. The van der Waals surface area contributed by atoms with E-state index in [1.54, 1.807) is 0 Å². The van der Waals surface area contributed by atoms with Gasteiger partial charge >= 0.3 is 11.4 Å². The third-order valence-corrected chi connectivity index (χ3v) is 1.65. The van der Waals surface area contributed by atoms with Crippen LogP contribution in [-0.2, 0) is 0 Å². The number of rotatable bonds is 2. The number of benzene rings is 1. The van der Waals surface area contributed by atoms with E-state index in [9.17, 15) is 20.2 Å². The van der Waals surface area contributed by atoms with Crippen molar-refractivity contribution in [1.29, 1.82) is 0 Å². The molecule has 0 spiro atoms. The summed E-state index contributed by atoms with van der Waals surface area (Å²) >= 11 is 5.42. The smallest absolute Gasteiger partial charge is 0.269 e. The first-order chi connectivity index (χ1) is 6.04. The van der Waals surface area contributed by atoms with Crippen molar-refractivity contribution in [2.45, 2.75) is 0 Å². The molecule has 1 rings (SSSR count). The molecule has 0 N–H and O–H groups in total. The molecule has 79 valence electrons. The summed E-state index contributed by atoms with van der Waals surface area (Å²) in [5, 5.41) is 20.4. The average Bonchev–Trinajstić information content (AvgIpc) is 2.02. The molecule has 1 aromatic carbocycles. The standard InChI is InChI=1S/C6H3ClN2O4.B.FH/c7-4-2-1-3-5(8(10)11)6(4)9(12)13;;/h1-3H;;1H. The zero-order chi connectivity index (χ0) is 10.0. The molecular weight excluding hydrogens is 229 g/mol. The Bertz CT molecular complexity index is 389. The minimum atomic E-state index is -0.875. The van der Waals surface area contributed by atoms with Crippen LogP contribution in [0, 0.1) is 20.2 Å². The van der Waals surface area contributed by atoms with Gasteiger partial charge in [0.15, 0.2) is 0 Å². The molecule has 3 radical (unpaired) electrons. The van der Waals surface area contributed by atoms with Crippen LogP contribution in [0.4, 0.5) is 16.1 Å². The van der Waals surface area contributed by atoms with Gasteiger partial charge in [-0.3, -0.25) is 24.9 Å². The van der Waals surface area contributed by atoms with E-state index in [4.69, 9.17) is 11.6 Å². The number of nitro groups is 2. The van der Waals surface area contributed by atoms with Crippen molar-refractivity contribution < 1.29 is 14.6 Å². The van der Waals surface area contributed by atoms with Crippen molar-refractivity contribution in [2.75, 3.05) is 0 Å². The van der Waals surface area contributed by atoms with Crippen molar-refractivity contribution in [3.8, 4) is 0 Å². The van der Waals surface area contributed by atoms with Gasteiger partial charge in [-0.2, -0.15) is 0 Å². The molecule has 15 heavy (non-hydrogen) atoms. The summed E-state index contributed by atoms with van der Waals surface area (Å²) in [5.74, 6) is 0. The topological polar surface area (TPSA) is 86.3 Å². The van der Waals surface area contributed by atoms with Gasteiger partial charge in [0, 0.05) is 14.5 Å². The van der Waals surface area contributed by atoms with Crippen molar-refractivity contribution in [2.24, 2.45) is 0 Å². The van der Waals surface area contributed by atoms with Gasteiger partial charge in [-0.25, -0.2) is 0 Å². The zero-order valence-corrected chi connectivity index (χ0v) is 7.88. The predicted octanol–water partition coefficient (Wildman–Crippen LogP) is 1.93. The van der Waals surface area contributed by atoms with Crippen LogP contribution in [0.25, 0.3) is 0 Å². The number of hydrogen-bond donors (Lipinski definition) is 0. The van der Waals surface area contributed by atoms with Crippen molar-refractivity contribution in [3.63, 3.8) is 0 Å². The Morgan fingerprint density at radius 3 is 2.00 bits per heavy atom. The van der Waals surface area contributed by atoms with E-state index < -0.39 is 21.2 Å². The van der Waals surface area contributed by atoms with E-state index in [0.29, 0.717) is 0 Å². The summed E-state index contributed by atoms with van der Waals surface area (Å²) in [6.07, 6.45) is 0. The van der Waals surface area contributed by atoms with E-state index in [1.807, 2.05) is 0 Å². The van der Waals surface area contributed by atoms with Crippen molar-refractivity contribution >= 4 is 31.4 Å². The van der Waals surface area contributed by atoms with Crippen molar-refractivity contribution in [1.82, 2.24) is 0 Å². The predicted molar refractivity (Wildman–Crippen MR) is 53.0 cm³/mol. The zero-order valence-electron chi connectivity index (χ0n) is 7.12. The normalized spacial score (nSPS) is 8.33. The van der Waals surface area contributed by atoms with Crippen LogP contribution in [0.2, 0.25) is 5.02 Å². The van der Waals surface area contributed by atoms with E-state index >= 15 is 0 Å². The quantitative estimate of drug-likeness (QED) is 0.443. The Hall–Kier alpha value is -1.70. The van der Waals surface area contributed by atoms with E-state index in [2.05, 4.69) is 0 Å². The lowest BCUT2D eigenvalue weighted by atomic mass is 10.3. The van der Waals surface area contributed by atoms with Gasteiger partial charge in [0.2, 0.25) is 0 Å². The monoisotopic (exact) mass is 233 g/mol. The second kappa shape index (κ2) is 5.92. The molecule has 0 amide bonds. The van der Waals surface area contributed by atoms with Gasteiger partial charge in [0.05, 0.1) is 9.85 Å². The fourth-order valence-electron chi connectivity index (χ4n) is 0.832. The van der Waals surface area contributed by atoms with Gasteiger partial charge in [0.25, 0.3) is 0 Å². The highest BCUT2D eigenvalue weighted by Gasteiger charge is 2.26. The molecule has 1 aromatic rings. The first-order valence-electron chi connectivity index (χ1n) is 3.11. The third kappa shape index (κ3) is 3.17. The molecule has 0 saturated heterocycles. The lowest BCUT2D eigenvalue weighted by Crippen LogP contribution is -1.96. The molecule has 6 nitrogen and oxygen atoms in total. The Balaban J connectivity index is 0. The van der Waals surface area contributed by atoms with Gasteiger partial charge in [-0.1, -0.05) is 17.7 Å². The Kier molecular flexibility index (Phi) is 6.22. The molecule has 0 aromatic heterocycles. The van der Waals surface area contributed by atoms with Gasteiger partial charge in [-0.15, -0.1) is 0 Å². The summed E-state index contributed by atoms with van der Waals surface area (Å²) in [4.78, 5) is 19.0. The van der Waals surface area contributed by atoms with E-state index in [1.165, 1.54) is 12.1 Å². The third-order valence-electron chi connectivity index (χ3n) is 1.34. The van der Waals surface area contributed by atoms with Gasteiger partial charge in [-0.05, 0) is 6.07 Å². The van der Waals surface area contributed by atoms with E-state index in [0.717, 1.165) is 6.07 Å².